The first-order valence-corrected chi connectivity index (χ1v) is 9.49. The first kappa shape index (κ1) is 19.2. The average Bonchev–Trinajstić information content (AvgIpc) is 2.97. The molecule has 3 heteroatoms. The molecule has 0 bridgehead atoms. The lowest BCUT2D eigenvalue weighted by molar-refractivity contribution is -0.732. The molecule has 0 aromatic carbocycles. The van der Waals surface area contributed by atoms with Crippen molar-refractivity contribution in [3.8, 4) is 0 Å². The van der Waals surface area contributed by atoms with Crippen molar-refractivity contribution >= 4 is 0 Å². The van der Waals surface area contributed by atoms with Gasteiger partial charge in [-0.3, -0.25) is 0 Å². The molecule has 0 N–H and O–H groups in total. The fourth-order valence-corrected chi connectivity index (χ4v) is 2.70. The summed E-state index contributed by atoms with van der Waals surface area (Å²) >= 11 is 0. The number of aryl methyl sites for hydroxylation is 1. The Bertz CT molecular complexity index is 349. The minimum atomic E-state index is 0.689. The van der Waals surface area contributed by atoms with Crippen LogP contribution in [-0.2, 0) is 18.0 Å². The van der Waals surface area contributed by atoms with E-state index < -0.39 is 0 Å². The van der Waals surface area contributed by atoms with Gasteiger partial charge in [0.25, 0.3) is 0 Å². The summed E-state index contributed by atoms with van der Waals surface area (Å²) in [6.45, 7) is 7.20. The standard InChI is InChI=1S/C19H37N2O/c1-3-5-7-8-9-10-11-12-14-20-15-16-21(18-20)19-22-17-13-6-4-2/h15-16,18H,3-14,17,19H2,1-2H3/q+1. The predicted octanol–water partition coefficient (Wildman–Crippen LogP) is 5.08. The van der Waals surface area contributed by atoms with E-state index in [1.807, 2.05) is 0 Å². The van der Waals surface area contributed by atoms with E-state index >= 15 is 0 Å². The van der Waals surface area contributed by atoms with E-state index in [4.69, 9.17) is 4.74 Å². The molecule has 0 amide bonds. The second-order valence-electron chi connectivity index (χ2n) is 6.38. The van der Waals surface area contributed by atoms with Crippen molar-refractivity contribution in [2.45, 2.75) is 97.8 Å². The minimum absolute atomic E-state index is 0.689. The van der Waals surface area contributed by atoms with Crippen LogP contribution in [0.1, 0.15) is 84.5 Å². The van der Waals surface area contributed by atoms with Gasteiger partial charge in [-0.1, -0.05) is 65.2 Å². The van der Waals surface area contributed by atoms with Gasteiger partial charge in [-0.25, -0.2) is 9.13 Å². The topological polar surface area (TPSA) is 18.0 Å². The second kappa shape index (κ2) is 13.8. The molecule has 0 fully saturated rings. The summed E-state index contributed by atoms with van der Waals surface area (Å²) in [4.78, 5) is 0. The Morgan fingerprint density at radius 2 is 1.45 bits per heavy atom. The Morgan fingerprint density at radius 1 is 0.818 bits per heavy atom. The van der Waals surface area contributed by atoms with Crippen LogP contribution in [0.3, 0.4) is 0 Å². The minimum Gasteiger partial charge on any atom is -0.342 e. The van der Waals surface area contributed by atoms with Crippen LogP contribution < -0.4 is 4.57 Å². The number of imidazole rings is 1. The Morgan fingerprint density at radius 3 is 2.18 bits per heavy atom. The van der Waals surface area contributed by atoms with Crippen LogP contribution in [0.15, 0.2) is 18.7 Å². The molecule has 0 radical (unpaired) electrons. The van der Waals surface area contributed by atoms with Crippen molar-refractivity contribution in [1.82, 2.24) is 4.57 Å². The monoisotopic (exact) mass is 309 g/mol. The lowest BCUT2D eigenvalue weighted by Crippen LogP contribution is -2.32. The van der Waals surface area contributed by atoms with E-state index in [9.17, 15) is 0 Å². The number of unbranched alkanes of at least 4 members (excludes halogenated alkanes) is 9. The molecule has 0 saturated heterocycles. The van der Waals surface area contributed by atoms with Gasteiger partial charge >= 0.3 is 0 Å². The summed E-state index contributed by atoms with van der Waals surface area (Å²) in [7, 11) is 0. The largest absolute Gasteiger partial charge is 0.342 e. The number of ether oxygens (including phenoxy) is 1. The molecule has 0 atom stereocenters. The molecular weight excluding hydrogens is 272 g/mol. The van der Waals surface area contributed by atoms with Crippen LogP contribution in [0.5, 0.6) is 0 Å². The summed E-state index contributed by atoms with van der Waals surface area (Å²) in [5.74, 6) is 0. The summed E-state index contributed by atoms with van der Waals surface area (Å²) < 4.78 is 10.1. The third-order valence-corrected chi connectivity index (χ3v) is 4.15. The zero-order valence-corrected chi connectivity index (χ0v) is 14.9. The highest BCUT2D eigenvalue weighted by molar-refractivity contribution is 4.65. The molecule has 0 unspecified atom stereocenters. The number of hydrogen-bond donors (Lipinski definition) is 0. The molecular formula is C19H37N2O+. The molecule has 1 rings (SSSR count). The Kier molecular flexibility index (Phi) is 12.1. The molecule has 1 aromatic rings. The molecule has 0 aliphatic rings. The average molecular weight is 310 g/mol. The molecule has 0 aliphatic carbocycles. The molecule has 22 heavy (non-hydrogen) atoms. The normalized spacial score (nSPS) is 11.2. The third kappa shape index (κ3) is 9.99. The van der Waals surface area contributed by atoms with Crippen LogP contribution in [0.4, 0.5) is 0 Å². The van der Waals surface area contributed by atoms with Crippen LogP contribution in [0, 0.1) is 0 Å². The molecule has 0 saturated carbocycles. The van der Waals surface area contributed by atoms with E-state index in [1.165, 1.54) is 70.6 Å². The van der Waals surface area contributed by atoms with Crippen molar-refractivity contribution in [2.24, 2.45) is 0 Å². The fraction of sp³-hybridized carbons (Fsp3) is 0.842. The van der Waals surface area contributed by atoms with Gasteiger partial charge in [-0.2, -0.15) is 0 Å². The smallest absolute Gasteiger partial charge is 0.245 e. The zero-order valence-electron chi connectivity index (χ0n) is 14.9. The first-order chi connectivity index (χ1) is 10.9. The van der Waals surface area contributed by atoms with Gasteiger partial charge in [0.2, 0.25) is 6.33 Å². The van der Waals surface area contributed by atoms with Crippen LogP contribution in [0.25, 0.3) is 0 Å². The van der Waals surface area contributed by atoms with Gasteiger partial charge in [0.1, 0.15) is 12.4 Å². The van der Waals surface area contributed by atoms with Gasteiger partial charge in [-0.05, 0) is 19.3 Å². The highest BCUT2D eigenvalue weighted by atomic mass is 16.5. The van der Waals surface area contributed by atoms with Crippen LogP contribution in [0.2, 0.25) is 0 Å². The Hall–Kier alpha value is -0.830. The molecule has 1 heterocycles. The third-order valence-electron chi connectivity index (χ3n) is 4.15. The fourth-order valence-electron chi connectivity index (χ4n) is 2.70. The van der Waals surface area contributed by atoms with Crippen molar-refractivity contribution in [2.75, 3.05) is 6.61 Å². The Labute approximate surface area is 137 Å². The lowest BCUT2D eigenvalue weighted by Gasteiger charge is -2.01. The maximum atomic E-state index is 5.67. The summed E-state index contributed by atoms with van der Waals surface area (Å²) in [6.07, 6.45) is 21.2. The summed E-state index contributed by atoms with van der Waals surface area (Å²) in [5.41, 5.74) is 0. The van der Waals surface area contributed by atoms with Crippen molar-refractivity contribution in [3.63, 3.8) is 0 Å². The molecule has 0 aliphatic heterocycles. The quantitative estimate of drug-likeness (QED) is 0.326. The van der Waals surface area contributed by atoms with E-state index in [2.05, 4.69) is 41.7 Å². The van der Waals surface area contributed by atoms with Crippen molar-refractivity contribution in [3.05, 3.63) is 18.7 Å². The van der Waals surface area contributed by atoms with Gasteiger partial charge < -0.3 is 4.74 Å². The van der Waals surface area contributed by atoms with Crippen LogP contribution >= 0.6 is 0 Å². The number of aromatic nitrogens is 2. The van der Waals surface area contributed by atoms with E-state index in [-0.39, 0.29) is 0 Å². The lowest BCUT2D eigenvalue weighted by atomic mass is 10.1. The van der Waals surface area contributed by atoms with Crippen molar-refractivity contribution in [1.29, 1.82) is 0 Å². The highest BCUT2D eigenvalue weighted by Gasteiger charge is 2.03. The predicted molar refractivity (Wildman–Crippen MR) is 92.7 cm³/mol. The zero-order chi connectivity index (χ0) is 15.9. The molecule has 0 spiro atoms. The first-order valence-electron chi connectivity index (χ1n) is 9.49. The highest BCUT2D eigenvalue weighted by Crippen LogP contribution is 2.08. The summed E-state index contributed by atoms with van der Waals surface area (Å²) in [5, 5.41) is 0. The molecule has 3 nitrogen and oxygen atoms in total. The number of nitrogens with zero attached hydrogens (tertiary/aromatic N) is 2. The van der Waals surface area contributed by atoms with Gasteiger partial charge in [0, 0.05) is 0 Å². The van der Waals surface area contributed by atoms with E-state index in [0.29, 0.717) is 6.73 Å². The van der Waals surface area contributed by atoms with Gasteiger partial charge in [0.15, 0.2) is 6.73 Å². The summed E-state index contributed by atoms with van der Waals surface area (Å²) in [6, 6.07) is 0. The maximum Gasteiger partial charge on any atom is 0.245 e. The maximum absolute atomic E-state index is 5.67. The molecule has 1 aromatic heterocycles. The van der Waals surface area contributed by atoms with E-state index in [0.717, 1.165) is 13.2 Å². The van der Waals surface area contributed by atoms with Crippen LogP contribution in [-0.4, -0.2) is 11.2 Å². The second-order valence-corrected chi connectivity index (χ2v) is 6.38. The van der Waals surface area contributed by atoms with E-state index in [1.54, 1.807) is 0 Å². The number of hydrogen-bond acceptors (Lipinski definition) is 1. The SMILES string of the molecule is CCCCCCCCCCn1cc[n+](COCCCCC)c1. The number of rotatable bonds is 15. The Balaban J connectivity index is 1.98. The van der Waals surface area contributed by atoms with Gasteiger partial charge in [-0.15, -0.1) is 0 Å². The van der Waals surface area contributed by atoms with Crippen molar-refractivity contribution < 1.29 is 9.30 Å². The molecule has 128 valence electrons. The van der Waals surface area contributed by atoms with Gasteiger partial charge in [0.05, 0.1) is 13.2 Å².